The molecule has 2 aromatic carbocycles. The predicted molar refractivity (Wildman–Crippen MR) is 137 cm³/mol. The second kappa shape index (κ2) is 11.2. The molecular weight excluding hydrogens is 548 g/mol. The van der Waals surface area contributed by atoms with Crippen LogP contribution in [0, 0.1) is 0 Å². The molecule has 5 rings (SSSR count). The fraction of sp³-hybridized carbons (Fsp3) is 0.444. The molecule has 0 aliphatic carbocycles. The van der Waals surface area contributed by atoms with Gasteiger partial charge >= 0.3 is 0 Å². The van der Waals surface area contributed by atoms with Crippen molar-refractivity contribution >= 4 is 11.0 Å². The van der Waals surface area contributed by atoms with E-state index in [0.717, 1.165) is 13.2 Å². The molecule has 2 aliphatic heterocycles. The average Bonchev–Trinajstić information content (AvgIpc) is 2.95. The molecular formula is C27H30O14. The van der Waals surface area contributed by atoms with Gasteiger partial charge in [-0.1, -0.05) is 0 Å². The van der Waals surface area contributed by atoms with Crippen LogP contribution in [0.5, 0.6) is 17.2 Å². The Labute approximate surface area is 231 Å². The van der Waals surface area contributed by atoms with Crippen molar-refractivity contribution in [2.45, 2.75) is 54.9 Å². The van der Waals surface area contributed by atoms with E-state index in [2.05, 4.69) is 0 Å². The van der Waals surface area contributed by atoms with E-state index in [-0.39, 0.29) is 28.4 Å². The molecule has 0 bridgehead atoms. The summed E-state index contributed by atoms with van der Waals surface area (Å²) in [5.41, 5.74) is -1.38. The minimum atomic E-state index is -1.90. The van der Waals surface area contributed by atoms with Crippen molar-refractivity contribution in [3.63, 3.8) is 0 Å². The molecule has 0 radical (unpaired) electrons. The highest BCUT2D eigenvalue weighted by Crippen LogP contribution is 2.51. The summed E-state index contributed by atoms with van der Waals surface area (Å²) in [5, 5.41) is 93.2. The Hall–Kier alpha value is -3.31. The third-order valence-electron chi connectivity index (χ3n) is 7.49. The number of aliphatic hydroxyl groups is 7. The summed E-state index contributed by atoms with van der Waals surface area (Å²) in [6.45, 7) is -1.23. The number of benzene rings is 2. The molecule has 0 spiro atoms. The van der Waals surface area contributed by atoms with Gasteiger partial charge in [0.1, 0.15) is 83.3 Å². The Morgan fingerprint density at radius 2 is 1.54 bits per heavy atom. The molecule has 14 heteroatoms. The molecule has 0 saturated carbocycles. The summed E-state index contributed by atoms with van der Waals surface area (Å²) in [4.78, 5) is 13.5. The van der Waals surface area contributed by atoms with Gasteiger partial charge in [0.05, 0.1) is 31.5 Å². The number of aromatic hydroxyl groups is 2. The van der Waals surface area contributed by atoms with Gasteiger partial charge in [-0.05, 0) is 24.3 Å². The summed E-state index contributed by atoms with van der Waals surface area (Å²) < 4.78 is 22.9. The van der Waals surface area contributed by atoms with E-state index < -0.39 is 90.3 Å². The van der Waals surface area contributed by atoms with Crippen molar-refractivity contribution in [3.8, 4) is 28.6 Å². The van der Waals surface area contributed by atoms with Crippen molar-refractivity contribution in [1.29, 1.82) is 0 Å². The van der Waals surface area contributed by atoms with Gasteiger partial charge in [-0.3, -0.25) is 4.79 Å². The van der Waals surface area contributed by atoms with Crippen molar-refractivity contribution in [2.75, 3.05) is 20.3 Å². The van der Waals surface area contributed by atoms with Crippen LogP contribution < -0.4 is 10.2 Å². The van der Waals surface area contributed by atoms with E-state index in [1.807, 2.05) is 0 Å². The fourth-order valence-corrected chi connectivity index (χ4v) is 5.31. The first-order chi connectivity index (χ1) is 19.5. The van der Waals surface area contributed by atoms with Crippen molar-refractivity contribution in [2.24, 2.45) is 0 Å². The summed E-state index contributed by atoms with van der Waals surface area (Å²) >= 11 is 0. The molecule has 2 aliphatic rings. The van der Waals surface area contributed by atoms with Gasteiger partial charge in [0.25, 0.3) is 0 Å². The minimum absolute atomic E-state index is 0.0170. The predicted octanol–water partition coefficient (Wildman–Crippen LogP) is -1.45. The molecule has 2 fully saturated rings. The van der Waals surface area contributed by atoms with Crippen LogP contribution in [0.3, 0.4) is 0 Å². The number of methoxy groups -OCH3 is 1. The van der Waals surface area contributed by atoms with Crippen LogP contribution in [0.1, 0.15) is 23.3 Å². The molecule has 1 aromatic heterocycles. The highest BCUT2D eigenvalue weighted by molar-refractivity contribution is 5.92. The van der Waals surface area contributed by atoms with Crippen LogP contribution in [-0.4, -0.2) is 109 Å². The lowest BCUT2D eigenvalue weighted by molar-refractivity contribution is -0.232. The van der Waals surface area contributed by atoms with E-state index in [0.29, 0.717) is 5.56 Å². The number of hydrogen-bond acceptors (Lipinski definition) is 14. The summed E-state index contributed by atoms with van der Waals surface area (Å²) in [6.07, 6.45) is -15.0. The summed E-state index contributed by atoms with van der Waals surface area (Å²) in [6, 6.07) is 6.69. The third kappa shape index (κ3) is 4.82. The Bertz CT molecular complexity index is 1470. The van der Waals surface area contributed by atoms with Crippen molar-refractivity contribution < 1.29 is 64.6 Å². The number of hydrogen-bond donors (Lipinski definition) is 9. The van der Waals surface area contributed by atoms with E-state index in [1.54, 1.807) is 0 Å². The van der Waals surface area contributed by atoms with Crippen LogP contribution in [0.25, 0.3) is 22.3 Å². The second-order valence-electron chi connectivity index (χ2n) is 9.99. The zero-order chi connectivity index (χ0) is 29.7. The monoisotopic (exact) mass is 578 g/mol. The molecule has 14 nitrogen and oxygen atoms in total. The van der Waals surface area contributed by atoms with Gasteiger partial charge in [0, 0.05) is 11.6 Å². The SMILES string of the molecule is COc1c([C@@H]2O[C@H](CO)[C@@H](O)[C@H](O)[C@H]2O)c(O)c2c(=O)cc(-c3ccc(O)cc3)oc2c1[C@@H]1OC[C@H](O)[C@H](O)[C@H]1O. The van der Waals surface area contributed by atoms with E-state index >= 15 is 0 Å². The first-order valence-electron chi connectivity index (χ1n) is 12.7. The van der Waals surface area contributed by atoms with Crippen LogP contribution in [0.15, 0.2) is 39.5 Å². The maximum atomic E-state index is 13.5. The zero-order valence-electron chi connectivity index (χ0n) is 21.6. The van der Waals surface area contributed by atoms with Gasteiger partial charge in [-0.15, -0.1) is 0 Å². The minimum Gasteiger partial charge on any atom is -0.508 e. The molecule has 3 aromatic rings. The number of rotatable bonds is 5. The van der Waals surface area contributed by atoms with Gasteiger partial charge < -0.3 is 64.6 Å². The Kier molecular flexibility index (Phi) is 7.95. The highest BCUT2D eigenvalue weighted by Gasteiger charge is 2.48. The van der Waals surface area contributed by atoms with Gasteiger partial charge in [0.2, 0.25) is 0 Å². The summed E-state index contributed by atoms with van der Waals surface area (Å²) in [7, 11) is 1.15. The van der Waals surface area contributed by atoms with Crippen molar-refractivity contribution in [3.05, 3.63) is 51.7 Å². The maximum absolute atomic E-state index is 13.5. The number of aliphatic hydroxyl groups excluding tert-OH is 7. The van der Waals surface area contributed by atoms with E-state index in [9.17, 15) is 50.8 Å². The molecule has 0 amide bonds. The van der Waals surface area contributed by atoms with Gasteiger partial charge in [-0.25, -0.2) is 0 Å². The molecule has 3 heterocycles. The Morgan fingerprint density at radius 1 is 0.878 bits per heavy atom. The highest BCUT2D eigenvalue weighted by atomic mass is 16.6. The fourth-order valence-electron chi connectivity index (χ4n) is 5.31. The first-order valence-corrected chi connectivity index (χ1v) is 12.7. The number of phenolic OH excluding ortho intramolecular Hbond substituents is 2. The Balaban J connectivity index is 1.83. The summed E-state index contributed by atoms with van der Waals surface area (Å²) in [5.74, 6) is -1.19. The smallest absolute Gasteiger partial charge is 0.197 e. The molecule has 41 heavy (non-hydrogen) atoms. The normalized spacial score (nSPS) is 32.2. The van der Waals surface area contributed by atoms with Gasteiger partial charge in [-0.2, -0.15) is 0 Å². The maximum Gasteiger partial charge on any atom is 0.197 e. The Morgan fingerprint density at radius 3 is 2.17 bits per heavy atom. The number of phenols is 2. The average molecular weight is 579 g/mol. The molecule has 222 valence electrons. The van der Waals surface area contributed by atoms with E-state index in [1.165, 1.54) is 24.3 Å². The van der Waals surface area contributed by atoms with Crippen LogP contribution in [0.4, 0.5) is 0 Å². The topological polar surface area (TPSA) is 240 Å². The number of fused-ring (bicyclic) bond motifs is 1. The van der Waals surface area contributed by atoms with Crippen LogP contribution >= 0.6 is 0 Å². The lowest BCUT2D eigenvalue weighted by Gasteiger charge is -2.41. The molecule has 2 saturated heterocycles. The van der Waals surface area contributed by atoms with Crippen LogP contribution in [-0.2, 0) is 9.47 Å². The largest absolute Gasteiger partial charge is 0.508 e. The molecule has 0 unspecified atom stereocenters. The second-order valence-corrected chi connectivity index (χ2v) is 9.99. The third-order valence-corrected chi connectivity index (χ3v) is 7.49. The molecule has 9 N–H and O–H groups in total. The lowest BCUT2D eigenvalue weighted by Crippen LogP contribution is -2.55. The lowest BCUT2D eigenvalue weighted by atomic mass is 9.85. The van der Waals surface area contributed by atoms with E-state index in [4.69, 9.17) is 18.6 Å². The quantitative estimate of drug-likeness (QED) is 0.168. The van der Waals surface area contributed by atoms with Crippen LogP contribution in [0.2, 0.25) is 0 Å². The van der Waals surface area contributed by atoms with Gasteiger partial charge in [0.15, 0.2) is 11.0 Å². The molecule has 9 atom stereocenters. The number of ether oxygens (including phenoxy) is 3. The van der Waals surface area contributed by atoms with Crippen molar-refractivity contribution in [1.82, 2.24) is 0 Å². The standard InChI is InChI=1S/C27H30O14/c1-38-24-16(27-23(37)21(35)19(33)14(7-28)41-27)20(34)15-11(30)6-13(9-2-4-10(29)5-3-9)40-25(15)17(24)26-22(36)18(32)12(31)8-39-26/h2-6,12,14,18-19,21-23,26-29,31-37H,7-8H2,1H3/t12-,14+,18-,19+,21-,22+,23+,26-,27-/m0/s1. The first kappa shape index (κ1) is 29.2. The zero-order valence-corrected chi connectivity index (χ0v) is 21.6.